The highest BCUT2D eigenvalue weighted by molar-refractivity contribution is 7.99. The van der Waals surface area contributed by atoms with Crippen molar-refractivity contribution in [1.29, 1.82) is 0 Å². The van der Waals surface area contributed by atoms with Gasteiger partial charge in [-0.1, -0.05) is 35.5 Å². The minimum absolute atomic E-state index is 0.0626. The summed E-state index contributed by atoms with van der Waals surface area (Å²) in [5.74, 6) is 1.85. The first kappa shape index (κ1) is 22.4. The van der Waals surface area contributed by atoms with Crippen LogP contribution in [0.5, 0.6) is 5.75 Å². The number of hydrogen-bond donors (Lipinski definition) is 1. The smallest absolute Gasteiger partial charge is 0.234 e. The summed E-state index contributed by atoms with van der Waals surface area (Å²) in [5.41, 5.74) is 7.21. The number of amides is 1. The molecule has 1 aromatic heterocycles. The van der Waals surface area contributed by atoms with Crippen LogP contribution in [0.3, 0.4) is 0 Å². The molecule has 32 heavy (non-hydrogen) atoms. The zero-order valence-electron chi connectivity index (χ0n) is 19.2. The highest BCUT2D eigenvalue weighted by Gasteiger charge is 2.16. The summed E-state index contributed by atoms with van der Waals surface area (Å²) in [7, 11) is 1.91. The van der Waals surface area contributed by atoms with Crippen molar-refractivity contribution < 1.29 is 9.53 Å². The predicted molar refractivity (Wildman–Crippen MR) is 128 cm³/mol. The number of aryl methyl sites for hydroxylation is 3. The summed E-state index contributed by atoms with van der Waals surface area (Å²) in [6.07, 6.45) is 4.82. The number of aromatic nitrogens is 3. The molecule has 4 rings (SSSR count). The van der Waals surface area contributed by atoms with Gasteiger partial charge in [0.1, 0.15) is 12.4 Å². The Hall–Kier alpha value is -2.80. The van der Waals surface area contributed by atoms with E-state index in [0.717, 1.165) is 35.7 Å². The zero-order chi connectivity index (χ0) is 22.7. The van der Waals surface area contributed by atoms with Gasteiger partial charge in [-0.2, -0.15) is 0 Å². The summed E-state index contributed by atoms with van der Waals surface area (Å²) >= 11 is 1.37. The Morgan fingerprint density at radius 1 is 1.12 bits per heavy atom. The molecule has 1 N–H and O–H groups in total. The van der Waals surface area contributed by atoms with Crippen molar-refractivity contribution >= 4 is 23.4 Å². The van der Waals surface area contributed by atoms with Gasteiger partial charge in [-0.05, 0) is 80.8 Å². The average molecular weight is 451 g/mol. The Bertz CT molecular complexity index is 1140. The lowest BCUT2D eigenvalue weighted by Gasteiger charge is -2.20. The van der Waals surface area contributed by atoms with E-state index < -0.39 is 0 Å². The molecule has 0 spiro atoms. The van der Waals surface area contributed by atoms with Crippen LogP contribution in [0.2, 0.25) is 0 Å². The second-order valence-corrected chi connectivity index (χ2v) is 9.38. The SMILES string of the molecule is Cc1ccc(NC(=O)CSc2nnc(COc3ccc4c(c3C)CCCC4)n2C)c(C)c1. The quantitative estimate of drug-likeness (QED) is 0.517. The third-order valence-corrected chi connectivity index (χ3v) is 7.06. The molecule has 0 saturated carbocycles. The van der Waals surface area contributed by atoms with Crippen LogP contribution in [0.4, 0.5) is 5.69 Å². The maximum Gasteiger partial charge on any atom is 0.234 e. The van der Waals surface area contributed by atoms with Crippen LogP contribution in [0.25, 0.3) is 0 Å². The standard InChI is InChI=1S/C25H30N4O2S/c1-16-9-11-21(17(2)13-16)26-24(30)15-32-25-28-27-23(29(25)4)14-31-22-12-10-19-7-5-6-8-20(19)18(22)3/h9-13H,5-8,14-15H2,1-4H3,(H,26,30). The van der Waals surface area contributed by atoms with Crippen LogP contribution in [-0.4, -0.2) is 26.4 Å². The van der Waals surface area contributed by atoms with E-state index in [2.05, 4.69) is 40.6 Å². The monoisotopic (exact) mass is 450 g/mol. The van der Waals surface area contributed by atoms with Crippen molar-refractivity contribution in [2.75, 3.05) is 11.1 Å². The lowest BCUT2D eigenvalue weighted by atomic mass is 9.88. The van der Waals surface area contributed by atoms with Gasteiger partial charge in [0, 0.05) is 12.7 Å². The van der Waals surface area contributed by atoms with Crippen molar-refractivity contribution in [3.05, 3.63) is 64.0 Å². The van der Waals surface area contributed by atoms with E-state index in [-0.39, 0.29) is 11.7 Å². The van der Waals surface area contributed by atoms with Crippen molar-refractivity contribution in [2.24, 2.45) is 7.05 Å². The number of carbonyl (C=O) groups excluding carboxylic acids is 1. The van der Waals surface area contributed by atoms with Gasteiger partial charge in [0.25, 0.3) is 0 Å². The highest BCUT2D eigenvalue weighted by Crippen LogP contribution is 2.31. The van der Waals surface area contributed by atoms with Crippen LogP contribution in [0, 0.1) is 20.8 Å². The third kappa shape index (κ3) is 4.99. The number of rotatable bonds is 7. The number of ether oxygens (including phenoxy) is 1. The normalized spacial score (nSPS) is 13.0. The first-order valence-corrected chi connectivity index (χ1v) is 12.0. The van der Waals surface area contributed by atoms with Crippen LogP contribution >= 0.6 is 11.8 Å². The lowest BCUT2D eigenvalue weighted by molar-refractivity contribution is -0.113. The Kier molecular flexibility index (Phi) is 6.84. The van der Waals surface area contributed by atoms with E-state index in [1.54, 1.807) is 0 Å². The Morgan fingerprint density at radius 3 is 2.75 bits per heavy atom. The molecule has 6 nitrogen and oxygen atoms in total. The van der Waals surface area contributed by atoms with Crippen molar-refractivity contribution in [3.63, 3.8) is 0 Å². The van der Waals surface area contributed by atoms with Gasteiger partial charge in [-0.15, -0.1) is 10.2 Å². The Labute approximate surface area is 193 Å². The maximum absolute atomic E-state index is 12.4. The zero-order valence-corrected chi connectivity index (χ0v) is 20.0. The molecule has 0 atom stereocenters. The van der Waals surface area contributed by atoms with Crippen LogP contribution in [0.1, 0.15) is 46.5 Å². The topological polar surface area (TPSA) is 69.0 Å². The minimum Gasteiger partial charge on any atom is -0.485 e. The fourth-order valence-electron chi connectivity index (χ4n) is 4.16. The predicted octanol–water partition coefficient (Wildman–Crippen LogP) is 4.93. The lowest BCUT2D eigenvalue weighted by Crippen LogP contribution is -2.15. The minimum atomic E-state index is -0.0626. The molecule has 0 unspecified atom stereocenters. The van der Waals surface area contributed by atoms with Crippen molar-refractivity contribution in [3.8, 4) is 5.75 Å². The van der Waals surface area contributed by atoms with Crippen LogP contribution < -0.4 is 10.1 Å². The average Bonchev–Trinajstić information content (AvgIpc) is 3.13. The van der Waals surface area contributed by atoms with E-state index in [4.69, 9.17) is 4.74 Å². The second-order valence-electron chi connectivity index (χ2n) is 8.44. The van der Waals surface area contributed by atoms with Crippen LogP contribution in [0.15, 0.2) is 35.5 Å². The summed E-state index contributed by atoms with van der Waals surface area (Å²) in [4.78, 5) is 12.4. The maximum atomic E-state index is 12.4. The molecule has 1 heterocycles. The van der Waals surface area contributed by atoms with E-state index in [1.807, 2.05) is 37.6 Å². The largest absolute Gasteiger partial charge is 0.485 e. The summed E-state index contributed by atoms with van der Waals surface area (Å²) < 4.78 is 7.99. The number of nitrogens with one attached hydrogen (secondary N) is 1. The van der Waals surface area contributed by atoms with Crippen LogP contribution in [-0.2, 0) is 31.3 Å². The van der Waals surface area contributed by atoms with E-state index >= 15 is 0 Å². The van der Waals surface area contributed by atoms with E-state index in [1.165, 1.54) is 46.9 Å². The first-order chi connectivity index (χ1) is 15.4. The van der Waals surface area contributed by atoms with Gasteiger partial charge < -0.3 is 14.6 Å². The molecule has 1 amide bonds. The number of anilines is 1. The molecular formula is C25H30N4O2S. The first-order valence-electron chi connectivity index (χ1n) is 11.0. The Morgan fingerprint density at radius 2 is 1.94 bits per heavy atom. The molecular weight excluding hydrogens is 420 g/mol. The molecule has 168 valence electrons. The number of benzene rings is 2. The summed E-state index contributed by atoms with van der Waals surface area (Å²) in [6, 6.07) is 10.3. The molecule has 1 aliphatic rings. The van der Waals surface area contributed by atoms with Gasteiger partial charge in [0.05, 0.1) is 5.75 Å². The number of thioether (sulfide) groups is 1. The van der Waals surface area contributed by atoms with E-state index in [0.29, 0.717) is 11.8 Å². The fraction of sp³-hybridized carbons (Fsp3) is 0.400. The third-order valence-electron chi connectivity index (χ3n) is 6.04. The summed E-state index contributed by atoms with van der Waals surface area (Å²) in [6.45, 7) is 6.52. The summed E-state index contributed by atoms with van der Waals surface area (Å²) in [5, 5.41) is 12.2. The van der Waals surface area contributed by atoms with Gasteiger partial charge in [-0.3, -0.25) is 4.79 Å². The molecule has 0 aliphatic heterocycles. The van der Waals surface area contributed by atoms with E-state index in [9.17, 15) is 4.79 Å². The number of nitrogens with zero attached hydrogens (tertiary/aromatic N) is 3. The molecule has 0 bridgehead atoms. The number of carbonyl (C=O) groups is 1. The van der Waals surface area contributed by atoms with Crippen molar-refractivity contribution in [1.82, 2.24) is 14.8 Å². The number of fused-ring (bicyclic) bond motifs is 1. The molecule has 7 heteroatoms. The number of hydrogen-bond acceptors (Lipinski definition) is 5. The molecule has 3 aromatic rings. The molecule has 2 aromatic carbocycles. The van der Waals surface area contributed by atoms with Crippen molar-refractivity contribution in [2.45, 2.75) is 58.2 Å². The van der Waals surface area contributed by atoms with Gasteiger partial charge >= 0.3 is 0 Å². The molecule has 0 saturated heterocycles. The highest BCUT2D eigenvalue weighted by atomic mass is 32.2. The molecule has 0 radical (unpaired) electrons. The van der Waals surface area contributed by atoms with Gasteiger partial charge in [-0.25, -0.2) is 0 Å². The molecule has 0 fully saturated rings. The Balaban J connectivity index is 1.34. The van der Waals surface area contributed by atoms with Gasteiger partial charge in [0.2, 0.25) is 5.91 Å². The second kappa shape index (κ2) is 9.77. The van der Waals surface area contributed by atoms with Gasteiger partial charge in [0.15, 0.2) is 11.0 Å². The fourth-order valence-corrected chi connectivity index (χ4v) is 4.89. The molecule has 1 aliphatic carbocycles.